The number of hydrogen-bond donors (Lipinski definition) is 2. The van der Waals surface area contributed by atoms with Crippen LogP contribution in [0.2, 0.25) is 0 Å². The van der Waals surface area contributed by atoms with E-state index in [0.717, 1.165) is 25.5 Å². The SMILES string of the molecule is Cl.Cn1ccnc1C1CNCCN1CC1=NS(=O)(=O)c2ccccc2N1. The molecule has 4 rings (SSSR count). The van der Waals surface area contributed by atoms with Crippen LogP contribution in [0.15, 0.2) is 46.0 Å². The van der Waals surface area contributed by atoms with Crippen molar-refractivity contribution in [2.45, 2.75) is 10.9 Å². The second-order valence-electron chi connectivity index (χ2n) is 6.22. The number of amidine groups is 1. The maximum atomic E-state index is 12.4. The van der Waals surface area contributed by atoms with Crippen molar-refractivity contribution in [3.63, 3.8) is 0 Å². The molecule has 0 saturated carbocycles. The number of fused-ring (bicyclic) bond motifs is 1. The molecule has 1 fully saturated rings. The largest absolute Gasteiger partial charge is 0.341 e. The highest BCUT2D eigenvalue weighted by atomic mass is 35.5. The number of piperazine rings is 1. The van der Waals surface area contributed by atoms with E-state index in [0.29, 0.717) is 18.1 Å². The quantitative estimate of drug-likeness (QED) is 0.804. The minimum atomic E-state index is -3.66. The zero-order chi connectivity index (χ0) is 17.4. The van der Waals surface area contributed by atoms with Gasteiger partial charge < -0.3 is 15.2 Å². The van der Waals surface area contributed by atoms with Crippen LogP contribution >= 0.6 is 12.4 Å². The predicted octanol–water partition coefficient (Wildman–Crippen LogP) is 1.00. The van der Waals surface area contributed by atoms with Gasteiger partial charge in [-0.2, -0.15) is 8.42 Å². The van der Waals surface area contributed by atoms with Crippen molar-refractivity contribution in [3.8, 4) is 0 Å². The topological polar surface area (TPSA) is 91.6 Å². The summed E-state index contributed by atoms with van der Waals surface area (Å²) in [7, 11) is -1.69. The van der Waals surface area contributed by atoms with Crippen molar-refractivity contribution < 1.29 is 8.42 Å². The molecule has 0 bridgehead atoms. The fraction of sp³-hybridized carbons (Fsp3) is 0.375. The number of hydrogen-bond acceptors (Lipinski definition) is 6. The highest BCUT2D eigenvalue weighted by Gasteiger charge is 2.30. The summed E-state index contributed by atoms with van der Waals surface area (Å²) in [5.41, 5.74) is 0.580. The average molecular weight is 397 g/mol. The van der Waals surface area contributed by atoms with E-state index in [-0.39, 0.29) is 23.3 Å². The van der Waals surface area contributed by atoms with Gasteiger partial charge in [0.15, 0.2) is 0 Å². The number of nitrogens with zero attached hydrogens (tertiary/aromatic N) is 4. The Bertz CT molecular complexity index is 926. The second kappa shape index (κ2) is 7.36. The van der Waals surface area contributed by atoms with Crippen LogP contribution in [0.3, 0.4) is 0 Å². The molecule has 1 saturated heterocycles. The highest BCUT2D eigenvalue weighted by molar-refractivity contribution is 7.90. The van der Waals surface area contributed by atoms with Gasteiger partial charge in [-0.25, -0.2) is 4.98 Å². The van der Waals surface area contributed by atoms with Gasteiger partial charge >= 0.3 is 0 Å². The lowest BCUT2D eigenvalue weighted by Crippen LogP contribution is -2.49. The van der Waals surface area contributed by atoms with E-state index < -0.39 is 10.0 Å². The third kappa shape index (κ3) is 3.48. The van der Waals surface area contributed by atoms with Gasteiger partial charge in [0.25, 0.3) is 10.0 Å². The number of aryl methyl sites for hydroxylation is 1. The van der Waals surface area contributed by atoms with Crippen LogP contribution in [0.25, 0.3) is 0 Å². The molecule has 2 aliphatic rings. The lowest BCUT2D eigenvalue weighted by Gasteiger charge is -2.36. The highest BCUT2D eigenvalue weighted by Crippen LogP contribution is 2.28. The number of halogens is 1. The van der Waals surface area contributed by atoms with Crippen molar-refractivity contribution >= 4 is 34.0 Å². The van der Waals surface area contributed by atoms with Crippen molar-refractivity contribution in [2.75, 3.05) is 31.5 Å². The van der Waals surface area contributed by atoms with Crippen LogP contribution in [0.5, 0.6) is 0 Å². The smallest absolute Gasteiger partial charge is 0.286 e. The summed E-state index contributed by atoms with van der Waals surface area (Å²) in [6.45, 7) is 2.83. The molecule has 10 heteroatoms. The predicted molar refractivity (Wildman–Crippen MR) is 102 cm³/mol. The van der Waals surface area contributed by atoms with Crippen molar-refractivity contribution in [2.24, 2.45) is 11.4 Å². The number of imidazole rings is 1. The maximum absolute atomic E-state index is 12.4. The molecule has 1 aromatic carbocycles. The standard InChI is InChI=1S/C16H20N6O2S.ClH/c1-21-8-7-18-16(21)13-10-17-6-9-22(13)11-15-19-12-4-2-3-5-14(12)25(23,24)20-15;/h2-5,7-8,13,17H,6,9-11H2,1H3,(H,19,20);1H. The van der Waals surface area contributed by atoms with Crippen LogP contribution < -0.4 is 10.6 Å². The Morgan fingerprint density at radius 3 is 2.88 bits per heavy atom. The first kappa shape index (κ1) is 18.8. The molecular weight excluding hydrogens is 376 g/mol. The lowest BCUT2D eigenvalue weighted by molar-refractivity contribution is 0.176. The summed E-state index contributed by atoms with van der Waals surface area (Å²) in [6.07, 6.45) is 3.69. The molecule has 0 aliphatic carbocycles. The molecule has 2 aromatic rings. The first-order chi connectivity index (χ1) is 12.0. The molecule has 0 amide bonds. The van der Waals surface area contributed by atoms with Crippen LogP contribution in [-0.2, 0) is 17.1 Å². The summed E-state index contributed by atoms with van der Waals surface area (Å²) in [5.74, 6) is 1.40. The Morgan fingerprint density at radius 1 is 1.31 bits per heavy atom. The Labute approximate surface area is 158 Å². The minimum absolute atomic E-state index is 0. The zero-order valence-corrected chi connectivity index (χ0v) is 15.9. The molecule has 1 atom stereocenters. The fourth-order valence-corrected chi connectivity index (χ4v) is 4.46. The van der Waals surface area contributed by atoms with Crippen molar-refractivity contribution in [3.05, 3.63) is 42.5 Å². The zero-order valence-electron chi connectivity index (χ0n) is 14.3. The third-order valence-electron chi connectivity index (χ3n) is 4.54. The molecule has 8 nitrogen and oxygen atoms in total. The summed E-state index contributed by atoms with van der Waals surface area (Å²) < 4.78 is 30.8. The van der Waals surface area contributed by atoms with Crippen LogP contribution in [-0.4, -0.2) is 54.9 Å². The fourth-order valence-electron chi connectivity index (χ4n) is 3.32. The third-order valence-corrected chi connectivity index (χ3v) is 5.91. The maximum Gasteiger partial charge on any atom is 0.286 e. The van der Waals surface area contributed by atoms with Crippen LogP contribution in [0, 0.1) is 0 Å². The second-order valence-corrected chi connectivity index (χ2v) is 7.79. The number of sulfonamides is 1. The van der Waals surface area contributed by atoms with E-state index in [1.807, 2.05) is 23.9 Å². The van der Waals surface area contributed by atoms with E-state index in [9.17, 15) is 8.42 Å². The van der Waals surface area contributed by atoms with Crippen LogP contribution in [0.4, 0.5) is 5.69 Å². The summed E-state index contributed by atoms with van der Waals surface area (Å²) in [4.78, 5) is 6.87. The van der Waals surface area contributed by atoms with Gasteiger partial charge in [0.05, 0.1) is 18.3 Å². The first-order valence-corrected chi connectivity index (χ1v) is 9.60. The number of aromatic nitrogens is 2. The number of benzene rings is 1. The van der Waals surface area contributed by atoms with Gasteiger partial charge in [-0.3, -0.25) is 4.90 Å². The molecule has 2 N–H and O–H groups in total. The van der Waals surface area contributed by atoms with E-state index in [1.165, 1.54) is 0 Å². The van der Waals surface area contributed by atoms with Gasteiger partial charge in [-0.1, -0.05) is 12.1 Å². The van der Waals surface area contributed by atoms with Gasteiger partial charge in [-0.05, 0) is 12.1 Å². The minimum Gasteiger partial charge on any atom is -0.341 e. The Morgan fingerprint density at radius 2 is 2.12 bits per heavy atom. The monoisotopic (exact) mass is 396 g/mol. The molecule has 26 heavy (non-hydrogen) atoms. The lowest BCUT2D eigenvalue weighted by atomic mass is 10.1. The molecule has 2 aliphatic heterocycles. The van der Waals surface area contributed by atoms with E-state index in [2.05, 4.69) is 24.9 Å². The van der Waals surface area contributed by atoms with Crippen molar-refractivity contribution in [1.29, 1.82) is 0 Å². The first-order valence-electron chi connectivity index (χ1n) is 8.16. The van der Waals surface area contributed by atoms with Gasteiger partial charge in [0.1, 0.15) is 16.6 Å². The molecule has 1 aromatic heterocycles. The Hall–Kier alpha value is -1.94. The van der Waals surface area contributed by atoms with Crippen LogP contribution in [0.1, 0.15) is 11.9 Å². The summed E-state index contributed by atoms with van der Waals surface area (Å²) >= 11 is 0. The number of anilines is 1. The summed E-state index contributed by atoms with van der Waals surface area (Å²) in [6, 6.07) is 6.91. The normalized spacial score (nSPS) is 21.9. The van der Waals surface area contributed by atoms with Crippen molar-refractivity contribution in [1.82, 2.24) is 19.8 Å². The molecule has 1 unspecified atom stereocenters. The molecule has 0 radical (unpaired) electrons. The van der Waals surface area contributed by atoms with E-state index in [1.54, 1.807) is 24.4 Å². The van der Waals surface area contributed by atoms with Gasteiger partial charge in [0, 0.05) is 39.1 Å². The number of para-hydroxylation sites is 1. The van der Waals surface area contributed by atoms with Gasteiger partial charge in [-0.15, -0.1) is 16.8 Å². The molecule has 3 heterocycles. The van der Waals surface area contributed by atoms with E-state index in [4.69, 9.17) is 0 Å². The average Bonchev–Trinajstić information content (AvgIpc) is 3.01. The van der Waals surface area contributed by atoms with Gasteiger partial charge in [0.2, 0.25) is 0 Å². The molecule has 0 spiro atoms. The van der Waals surface area contributed by atoms with E-state index >= 15 is 0 Å². The molecular formula is C16H21ClN6O2S. The number of rotatable bonds is 3. The molecule has 140 valence electrons. The number of nitrogens with one attached hydrogen (secondary N) is 2. The Kier molecular flexibility index (Phi) is 5.33. The summed E-state index contributed by atoms with van der Waals surface area (Å²) in [5, 5.41) is 6.54. The Balaban J connectivity index is 0.00000196.